The van der Waals surface area contributed by atoms with Crippen molar-refractivity contribution in [2.45, 2.75) is 6.92 Å². The van der Waals surface area contributed by atoms with Crippen LogP contribution >= 0.6 is 0 Å². The molecular formula is C7H9O3Sb. The van der Waals surface area contributed by atoms with Crippen LogP contribution < -0.4 is 3.51 Å². The Labute approximate surface area is 69.8 Å². The zero-order valence-corrected chi connectivity index (χ0v) is 8.61. The fourth-order valence-corrected chi connectivity index (χ4v) is 3.21. The van der Waals surface area contributed by atoms with Gasteiger partial charge in [-0.1, -0.05) is 0 Å². The Kier molecular flexibility index (Phi) is 2.43. The van der Waals surface area contributed by atoms with Gasteiger partial charge in [0.1, 0.15) is 0 Å². The molecule has 60 valence electrons. The monoisotopic (exact) mass is 262 g/mol. The first-order chi connectivity index (χ1) is 5.02. The molecule has 0 aliphatic carbocycles. The first kappa shape index (κ1) is 8.85. The average molecular weight is 263 g/mol. The van der Waals surface area contributed by atoms with Crippen LogP contribution in [0.5, 0.6) is 0 Å². The van der Waals surface area contributed by atoms with E-state index in [2.05, 4.69) is 0 Å². The van der Waals surface area contributed by atoms with E-state index in [0.29, 0.717) is 5.56 Å². The van der Waals surface area contributed by atoms with Crippen molar-refractivity contribution in [1.82, 2.24) is 0 Å². The second-order valence-electron chi connectivity index (χ2n) is 2.33. The summed E-state index contributed by atoms with van der Waals surface area (Å²) in [6.45, 7) is 1.70. The van der Waals surface area contributed by atoms with Gasteiger partial charge in [0.05, 0.1) is 0 Å². The Bertz CT molecular complexity index is 302. The summed E-state index contributed by atoms with van der Waals surface area (Å²) in [6, 6.07) is 6.57. The van der Waals surface area contributed by atoms with Crippen LogP contribution in [0.15, 0.2) is 24.3 Å². The minimum atomic E-state index is -4.93. The molecular weight excluding hydrogens is 254 g/mol. The Hall–Kier alpha value is -0.242. The number of aryl methyl sites for hydroxylation is 1. The summed E-state index contributed by atoms with van der Waals surface area (Å²) < 4.78 is 28.8. The zero-order valence-electron chi connectivity index (χ0n) is 6.06. The molecule has 0 aliphatic heterocycles. The van der Waals surface area contributed by atoms with E-state index >= 15 is 0 Å². The molecule has 0 heterocycles. The van der Waals surface area contributed by atoms with Crippen LogP contribution in [0.3, 0.4) is 0 Å². The summed E-state index contributed by atoms with van der Waals surface area (Å²) in [5, 5.41) is 0. The van der Waals surface area contributed by atoms with Crippen LogP contribution in [0.2, 0.25) is 0 Å². The van der Waals surface area contributed by atoms with Gasteiger partial charge >= 0.3 is 69.7 Å². The van der Waals surface area contributed by atoms with E-state index in [4.69, 9.17) is 6.77 Å². The number of rotatable bonds is 1. The van der Waals surface area contributed by atoms with Crippen molar-refractivity contribution in [2.75, 3.05) is 0 Å². The van der Waals surface area contributed by atoms with Crippen LogP contribution in [0.25, 0.3) is 0 Å². The molecule has 0 atom stereocenters. The molecule has 0 amide bonds. The van der Waals surface area contributed by atoms with Gasteiger partial charge in [0.15, 0.2) is 0 Å². The molecule has 0 radical (unpaired) electrons. The van der Waals surface area contributed by atoms with Gasteiger partial charge < -0.3 is 0 Å². The van der Waals surface area contributed by atoms with E-state index in [9.17, 15) is 3.02 Å². The van der Waals surface area contributed by atoms with Gasteiger partial charge in [-0.05, 0) is 0 Å². The molecule has 3 nitrogen and oxygen atoms in total. The van der Waals surface area contributed by atoms with Crippen molar-refractivity contribution in [3.63, 3.8) is 0 Å². The molecule has 0 saturated heterocycles. The standard InChI is InChI=1S/C7H7.2H2O.O.Sb/c1-7-5-3-2-4-6-7;;;;/h2-5H,1H3;2*1H2;;/q;;;;+2/p-2. The topological polar surface area (TPSA) is 57.5 Å². The molecule has 0 unspecified atom stereocenters. The Morgan fingerprint density at radius 2 is 1.82 bits per heavy atom. The maximum atomic E-state index is 10.8. The van der Waals surface area contributed by atoms with Crippen molar-refractivity contribution in [3.05, 3.63) is 29.8 Å². The molecule has 0 aliphatic rings. The predicted octanol–water partition coefficient (Wildman–Crippen LogP) is -0.444. The van der Waals surface area contributed by atoms with Gasteiger partial charge in [-0.25, -0.2) is 0 Å². The summed E-state index contributed by atoms with van der Waals surface area (Å²) in [7, 11) is 0. The van der Waals surface area contributed by atoms with Crippen molar-refractivity contribution in [3.8, 4) is 0 Å². The van der Waals surface area contributed by atoms with E-state index in [-0.39, 0.29) is 3.51 Å². The molecule has 11 heavy (non-hydrogen) atoms. The Morgan fingerprint density at radius 1 is 1.27 bits per heavy atom. The average Bonchev–Trinajstić information content (AvgIpc) is 1.86. The van der Waals surface area contributed by atoms with Crippen LogP contribution in [0, 0.1) is 6.92 Å². The van der Waals surface area contributed by atoms with Crippen LogP contribution in [-0.4, -0.2) is 26.4 Å². The second-order valence-corrected chi connectivity index (χ2v) is 6.81. The van der Waals surface area contributed by atoms with Gasteiger partial charge in [0.25, 0.3) is 0 Å². The van der Waals surface area contributed by atoms with Crippen molar-refractivity contribution < 1.29 is 9.79 Å². The van der Waals surface area contributed by atoms with E-state index < -0.39 is 19.6 Å². The SMILES string of the molecule is Cc1cccc[c]1[Sb](=[O])([OH])[OH]. The first-order valence-electron chi connectivity index (χ1n) is 3.13. The summed E-state index contributed by atoms with van der Waals surface area (Å²) in [4.78, 5) is 0. The molecule has 0 fully saturated rings. The third kappa shape index (κ3) is 2.09. The molecule has 1 rings (SSSR count). The molecule has 0 spiro atoms. The van der Waals surface area contributed by atoms with Gasteiger partial charge in [0, 0.05) is 0 Å². The van der Waals surface area contributed by atoms with Crippen molar-refractivity contribution >= 4 is 23.1 Å². The van der Waals surface area contributed by atoms with Gasteiger partial charge in [-0.15, -0.1) is 0 Å². The van der Waals surface area contributed by atoms with Crippen LogP contribution in [-0.2, 0) is 3.02 Å². The third-order valence-corrected chi connectivity index (χ3v) is 4.65. The Balaban J connectivity index is 3.25. The summed E-state index contributed by atoms with van der Waals surface area (Å²) in [5.74, 6) is 0. The molecule has 1 aromatic carbocycles. The molecule has 2 N–H and O–H groups in total. The summed E-state index contributed by atoms with van der Waals surface area (Å²) in [5.41, 5.74) is 0.665. The molecule has 0 aromatic heterocycles. The van der Waals surface area contributed by atoms with Crippen LogP contribution in [0.1, 0.15) is 5.56 Å². The molecule has 0 saturated carbocycles. The first-order valence-corrected chi connectivity index (χ1v) is 7.74. The fourth-order valence-electron chi connectivity index (χ4n) is 0.890. The van der Waals surface area contributed by atoms with Gasteiger partial charge in [-0.2, -0.15) is 0 Å². The van der Waals surface area contributed by atoms with Gasteiger partial charge in [0.2, 0.25) is 0 Å². The second kappa shape index (κ2) is 3.01. The normalized spacial score (nSPS) is 11.5. The number of benzene rings is 1. The van der Waals surface area contributed by atoms with Crippen molar-refractivity contribution in [2.24, 2.45) is 0 Å². The van der Waals surface area contributed by atoms with E-state index in [1.165, 1.54) is 6.07 Å². The molecule has 4 heteroatoms. The molecule has 1 aromatic rings. The van der Waals surface area contributed by atoms with E-state index in [1.54, 1.807) is 25.1 Å². The number of hydrogen-bond acceptors (Lipinski definition) is 1. The number of hydrogen-bond donors (Lipinski definition) is 2. The van der Waals surface area contributed by atoms with E-state index in [1.807, 2.05) is 0 Å². The Morgan fingerprint density at radius 3 is 2.18 bits per heavy atom. The molecule has 0 bridgehead atoms. The predicted molar refractivity (Wildman–Crippen MR) is 41.7 cm³/mol. The van der Waals surface area contributed by atoms with Crippen LogP contribution in [0.4, 0.5) is 0 Å². The fraction of sp³-hybridized carbons (Fsp3) is 0.143. The quantitative estimate of drug-likeness (QED) is 0.675. The van der Waals surface area contributed by atoms with Crippen molar-refractivity contribution in [1.29, 1.82) is 0 Å². The summed E-state index contributed by atoms with van der Waals surface area (Å²) in [6.07, 6.45) is 0. The van der Waals surface area contributed by atoms with E-state index in [0.717, 1.165) is 0 Å². The zero-order chi connectivity index (χ0) is 8.48. The third-order valence-electron chi connectivity index (χ3n) is 1.43. The van der Waals surface area contributed by atoms with Gasteiger partial charge in [-0.3, -0.25) is 0 Å². The summed E-state index contributed by atoms with van der Waals surface area (Å²) >= 11 is -4.93. The minimum absolute atomic E-state index is 0.200. The maximum absolute atomic E-state index is 10.8.